The minimum Gasteiger partial charge on any atom is -0.261 e. The monoisotopic (exact) mass is 316 g/mol. The van der Waals surface area contributed by atoms with E-state index < -0.39 is 10.0 Å². The van der Waals surface area contributed by atoms with Gasteiger partial charge in [-0.05, 0) is 38.1 Å². The first-order chi connectivity index (χ1) is 10.5. The van der Waals surface area contributed by atoms with E-state index >= 15 is 0 Å². The quantitative estimate of drug-likeness (QED) is 0.720. The Balaban J connectivity index is 0.000000847. The third-order valence-corrected chi connectivity index (χ3v) is 5.06. The molecule has 0 spiro atoms. The lowest BCUT2D eigenvalue weighted by molar-refractivity contribution is 0.589. The standard InChI is InChI=1S/C15H14N2O2S.C2H6/c1-11-3-5-13(6-4-11)20(18,19)17-10-8-14-12(2)16-9-7-15(14)17;1-2/h3-10H,1-2H3;1-2H3. The minimum atomic E-state index is -3.57. The molecule has 0 amide bonds. The molecule has 22 heavy (non-hydrogen) atoms. The van der Waals surface area contributed by atoms with E-state index in [4.69, 9.17) is 0 Å². The number of hydrogen-bond donors (Lipinski definition) is 0. The lowest BCUT2D eigenvalue weighted by atomic mass is 10.2. The van der Waals surface area contributed by atoms with E-state index in [9.17, 15) is 8.42 Å². The number of benzene rings is 1. The van der Waals surface area contributed by atoms with Gasteiger partial charge in [0.25, 0.3) is 10.0 Å². The van der Waals surface area contributed by atoms with Gasteiger partial charge >= 0.3 is 0 Å². The van der Waals surface area contributed by atoms with Crippen LogP contribution in [-0.2, 0) is 10.0 Å². The highest BCUT2D eigenvalue weighted by atomic mass is 32.2. The van der Waals surface area contributed by atoms with Gasteiger partial charge in [0.1, 0.15) is 0 Å². The van der Waals surface area contributed by atoms with Crippen LogP contribution in [0.2, 0.25) is 0 Å². The van der Waals surface area contributed by atoms with Crippen molar-refractivity contribution in [3.8, 4) is 0 Å². The number of aryl methyl sites for hydroxylation is 2. The van der Waals surface area contributed by atoms with Crippen LogP contribution in [0.1, 0.15) is 25.1 Å². The van der Waals surface area contributed by atoms with Crippen molar-refractivity contribution in [2.75, 3.05) is 0 Å². The number of fused-ring (bicyclic) bond motifs is 1. The van der Waals surface area contributed by atoms with Crippen molar-refractivity contribution < 1.29 is 8.42 Å². The molecule has 0 bridgehead atoms. The maximum atomic E-state index is 12.7. The third kappa shape index (κ3) is 2.76. The molecule has 4 nitrogen and oxygen atoms in total. The maximum absolute atomic E-state index is 12.7. The molecular weight excluding hydrogens is 296 g/mol. The van der Waals surface area contributed by atoms with Crippen LogP contribution >= 0.6 is 0 Å². The molecule has 0 fully saturated rings. The highest BCUT2D eigenvalue weighted by Crippen LogP contribution is 2.23. The first-order valence-electron chi connectivity index (χ1n) is 7.25. The summed E-state index contributed by atoms with van der Waals surface area (Å²) in [7, 11) is -3.57. The van der Waals surface area contributed by atoms with Crippen molar-refractivity contribution >= 4 is 20.9 Å². The topological polar surface area (TPSA) is 52.0 Å². The van der Waals surface area contributed by atoms with E-state index in [0.29, 0.717) is 5.52 Å². The van der Waals surface area contributed by atoms with Crippen LogP contribution in [0, 0.1) is 13.8 Å². The van der Waals surface area contributed by atoms with Gasteiger partial charge in [0.2, 0.25) is 0 Å². The summed E-state index contributed by atoms with van der Waals surface area (Å²) in [5.41, 5.74) is 2.50. The number of aromatic nitrogens is 2. The van der Waals surface area contributed by atoms with Crippen molar-refractivity contribution in [2.24, 2.45) is 0 Å². The van der Waals surface area contributed by atoms with Gasteiger partial charge in [-0.1, -0.05) is 31.5 Å². The second-order valence-corrected chi connectivity index (χ2v) is 6.57. The zero-order valence-corrected chi connectivity index (χ0v) is 14.1. The van der Waals surface area contributed by atoms with Crippen LogP contribution in [0.3, 0.4) is 0 Å². The molecular formula is C17H20N2O2S. The smallest absolute Gasteiger partial charge is 0.261 e. The van der Waals surface area contributed by atoms with Crippen LogP contribution in [0.25, 0.3) is 10.9 Å². The predicted molar refractivity (Wildman–Crippen MR) is 89.6 cm³/mol. The van der Waals surface area contributed by atoms with E-state index in [2.05, 4.69) is 4.98 Å². The van der Waals surface area contributed by atoms with Crippen molar-refractivity contribution in [3.05, 3.63) is 60.0 Å². The normalized spacial score (nSPS) is 11.1. The number of rotatable bonds is 2. The molecule has 0 N–H and O–H groups in total. The Labute approximate surface area is 131 Å². The van der Waals surface area contributed by atoms with Gasteiger partial charge < -0.3 is 0 Å². The Morgan fingerprint density at radius 2 is 1.59 bits per heavy atom. The van der Waals surface area contributed by atoms with Crippen LogP contribution in [0.5, 0.6) is 0 Å². The summed E-state index contributed by atoms with van der Waals surface area (Å²) in [6.07, 6.45) is 3.20. The summed E-state index contributed by atoms with van der Waals surface area (Å²) in [4.78, 5) is 4.47. The Morgan fingerprint density at radius 3 is 2.23 bits per heavy atom. The van der Waals surface area contributed by atoms with Gasteiger partial charge in [0.05, 0.1) is 10.4 Å². The van der Waals surface area contributed by atoms with Gasteiger partial charge in [-0.25, -0.2) is 12.4 Å². The molecule has 0 aliphatic heterocycles. The Kier molecular flexibility index (Phi) is 4.66. The predicted octanol–water partition coefficient (Wildman–Crippen LogP) is 3.92. The largest absolute Gasteiger partial charge is 0.268 e. The van der Waals surface area contributed by atoms with Crippen molar-refractivity contribution in [1.29, 1.82) is 0 Å². The molecule has 3 aromatic rings. The van der Waals surface area contributed by atoms with Gasteiger partial charge in [-0.2, -0.15) is 0 Å². The molecule has 0 saturated heterocycles. The van der Waals surface area contributed by atoms with Crippen molar-refractivity contribution in [3.63, 3.8) is 0 Å². The molecule has 2 aromatic heterocycles. The number of hydrogen-bond acceptors (Lipinski definition) is 3. The molecule has 3 rings (SSSR count). The molecule has 116 valence electrons. The second-order valence-electron chi connectivity index (χ2n) is 4.76. The molecule has 0 saturated carbocycles. The minimum absolute atomic E-state index is 0.287. The number of pyridine rings is 1. The molecule has 5 heteroatoms. The molecule has 0 radical (unpaired) electrons. The third-order valence-electron chi connectivity index (χ3n) is 3.36. The van der Waals surface area contributed by atoms with E-state index in [1.807, 2.05) is 27.7 Å². The van der Waals surface area contributed by atoms with E-state index in [-0.39, 0.29) is 4.90 Å². The number of nitrogens with zero attached hydrogens (tertiary/aromatic N) is 2. The summed E-state index contributed by atoms with van der Waals surface area (Å²) < 4.78 is 26.7. The van der Waals surface area contributed by atoms with Crippen molar-refractivity contribution in [1.82, 2.24) is 8.96 Å². The van der Waals surface area contributed by atoms with Gasteiger partial charge in [-0.3, -0.25) is 4.98 Å². The fourth-order valence-electron chi connectivity index (χ4n) is 2.22. The van der Waals surface area contributed by atoms with Crippen LogP contribution < -0.4 is 0 Å². The second kappa shape index (κ2) is 6.32. The van der Waals surface area contributed by atoms with E-state index in [1.54, 1.807) is 48.8 Å². The van der Waals surface area contributed by atoms with Crippen LogP contribution in [0.15, 0.2) is 53.7 Å². The molecule has 0 aliphatic rings. The van der Waals surface area contributed by atoms with E-state index in [0.717, 1.165) is 16.6 Å². The highest BCUT2D eigenvalue weighted by molar-refractivity contribution is 7.90. The summed E-state index contributed by atoms with van der Waals surface area (Å²) in [5.74, 6) is 0. The highest BCUT2D eigenvalue weighted by Gasteiger charge is 2.19. The molecule has 1 aromatic carbocycles. The zero-order chi connectivity index (χ0) is 16.3. The van der Waals surface area contributed by atoms with Gasteiger partial charge in [0.15, 0.2) is 0 Å². The SMILES string of the molecule is CC.Cc1ccc(S(=O)(=O)n2ccc3c(C)nccc32)cc1. The molecule has 0 unspecified atom stereocenters. The van der Waals surface area contributed by atoms with E-state index in [1.165, 1.54) is 3.97 Å². The zero-order valence-electron chi connectivity index (χ0n) is 13.2. The summed E-state index contributed by atoms with van der Waals surface area (Å²) in [5, 5.41) is 0.850. The molecule has 2 heterocycles. The summed E-state index contributed by atoms with van der Waals surface area (Å²) in [6.45, 7) is 7.79. The van der Waals surface area contributed by atoms with Crippen LogP contribution in [-0.4, -0.2) is 17.4 Å². The average molecular weight is 316 g/mol. The fourth-order valence-corrected chi connectivity index (χ4v) is 3.56. The van der Waals surface area contributed by atoms with Gasteiger partial charge in [-0.15, -0.1) is 0 Å². The van der Waals surface area contributed by atoms with Crippen LogP contribution in [0.4, 0.5) is 0 Å². The first-order valence-corrected chi connectivity index (χ1v) is 8.69. The Hall–Kier alpha value is -2.14. The summed E-state index contributed by atoms with van der Waals surface area (Å²) in [6, 6.07) is 10.4. The molecule has 0 atom stereocenters. The average Bonchev–Trinajstić information content (AvgIpc) is 2.96. The maximum Gasteiger partial charge on any atom is 0.268 e. The summed E-state index contributed by atoms with van der Waals surface area (Å²) >= 11 is 0. The molecule has 0 aliphatic carbocycles. The lowest BCUT2D eigenvalue weighted by Gasteiger charge is -2.08. The van der Waals surface area contributed by atoms with Gasteiger partial charge in [0, 0.05) is 23.5 Å². The Morgan fingerprint density at radius 1 is 0.955 bits per heavy atom. The Bertz CT molecular complexity index is 879. The fraction of sp³-hybridized carbons (Fsp3) is 0.235. The van der Waals surface area contributed by atoms with Crippen molar-refractivity contribution in [2.45, 2.75) is 32.6 Å². The first kappa shape index (κ1) is 16.2. The lowest BCUT2D eigenvalue weighted by Crippen LogP contribution is -2.11.